The van der Waals surface area contributed by atoms with Gasteiger partial charge in [-0.15, -0.1) is 0 Å². The van der Waals surface area contributed by atoms with Crippen LogP contribution < -0.4 is 0 Å². The third kappa shape index (κ3) is 3.56. The first-order valence-electron chi connectivity index (χ1n) is 7.38. The molecule has 0 aromatic carbocycles. The van der Waals surface area contributed by atoms with Gasteiger partial charge in [0.05, 0.1) is 12.2 Å². The molecular weight excluding hydrogens is 242 g/mol. The normalized spacial score (nSPS) is 37.8. The molecule has 19 heavy (non-hydrogen) atoms. The number of nitrogens with zero attached hydrogens (tertiary/aromatic N) is 1. The van der Waals surface area contributed by atoms with Crippen molar-refractivity contribution in [2.75, 3.05) is 19.6 Å². The predicted molar refractivity (Wildman–Crippen MR) is 73.7 cm³/mol. The highest BCUT2D eigenvalue weighted by atomic mass is 16.3. The van der Waals surface area contributed by atoms with Crippen LogP contribution in [0.3, 0.4) is 0 Å². The number of β-amino-alcohol motifs (C(OH)–C–C–N with tert-alkyl or cyclic N) is 2. The maximum absolute atomic E-state index is 12.1. The number of aliphatic hydroxyl groups excluding tert-OH is 2. The number of likely N-dealkylation sites (tertiary alicyclic amines) is 1. The van der Waals surface area contributed by atoms with E-state index in [0.717, 1.165) is 12.8 Å². The Morgan fingerprint density at radius 2 is 1.79 bits per heavy atom. The van der Waals surface area contributed by atoms with E-state index in [2.05, 4.69) is 20.8 Å². The Morgan fingerprint density at radius 3 is 2.32 bits per heavy atom. The van der Waals surface area contributed by atoms with Crippen LogP contribution in [0.15, 0.2) is 0 Å². The summed E-state index contributed by atoms with van der Waals surface area (Å²) in [5.41, 5.74) is 0.253. The lowest BCUT2D eigenvalue weighted by Gasteiger charge is -2.38. The molecule has 0 bridgehead atoms. The summed E-state index contributed by atoms with van der Waals surface area (Å²) in [4.78, 5) is 14.1. The first kappa shape index (κ1) is 14.9. The van der Waals surface area contributed by atoms with Gasteiger partial charge >= 0.3 is 0 Å². The molecule has 0 radical (unpaired) electrons. The van der Waals surface area contributed by atoms with Crippen LogP contribution in [-0.4, -0.2) is 52.7 Å². The quantitative estimate of drug-likeness (QED) is 0.787. The van der Waals surface area contributed by atoms with Crippen LogP contribution in [0.1, 0.15) is 40.0 Å². The van der Waals surface area contributed by atoms with Crippen molar-refractivity contribution < 1.29 is 15.0 Å². The van der Waals surface area contributed by atoms with Crippen molar-refractivity contribution in [2.24, 2.45) is 17.3 Å². The number of hydrogen-bond acceptors (Lipinski definition) is 4. The molecule has 0 amide bonds. The molecular formula is C15H27NO3. The maximum atomic E-state index is 12.1. The smallest absolute Gasteiger partial charge is 0.137 e. The van der Waals surface area contributed by atoms with Crippen LogP contribution in [0, 0.1) is 17.3 Å². The molecule has 4 heteroatoms. The molecule has 4 atom stereocenters. The number of aliphatic hydroxyl groups is 2. The number of rotatable bonds is 2. The molecule has 2 rings (SSSR count). The van der Waals surface area contributed by atoms with Gasteiger partial charge in [-0.3, -0.25) is 9.69 Å². The largest absolute Gasteiger partial charge is 0.389 e. The summed E-state index contributed by atoms with van der Waals surface area (Å²) in [5.74, 6) is 1.03. The predicted octanol–water partition coefficient (Wildman–Crippen LogP) is 1.06. The first-order chi connectivity index (χ1) is 8.77. The van der Waals surface area contributed by atoms with Crippen molar-refractivity contribution >= 4 is 5.78 Å². The highest BCUT2D eigenvalue weighted by molar-refractivity contribution is 5.82. The van der Waals surface area contributed by atoms with Crippen LogP contribution in [-0.2, 0) is 4.79 Å². The summed E-state index contributed by atoms with van der Waals surface area (Å²) in [7, 11) is 0. The van der Waals surface area contributed by atoms with Crippen LogP contribution in [0.25, 0.3) is 0 Å². The summed E-state index contributed by atoms with van der Waals surface area (Å²) in [6, 6.07) is 0. The number of carbonyl (C=O) groups excluding carboxylic acids is 1. The molecule has 1 saturated carbocycles. The van der Waals surface area contributed by atoms with E-state index in [-0.39, 0.29) is 11.3 Å². The fraction of sp³-hybridized carbons (Fsp3) is 0.933. The second kappa shape index (κ2) is 5.51. The van der Waals surface area contributed by atoms with Crippen molar-refractivity contribution in [2.45, 2.75) is 52.2 Å². The van der Waals surface area contributed by atoms with E-state index in [1.54, 1.807) is 0 Å². The van der Waals surface area contributed by atoms with E-state index in [4.69, 9.17) is 0 Å². The van der Waals surface area contributed by atoms with Gasteiger partial charge in [0, 0.05) is 32.0 Å². The lowest BCUT2D eigenvalue weighted by Crippen LogP contribution is -2.39. The van der Waals surface area contributed by atoms with Crippen LogP contribution >= 0.6 is 0 Å². The maximum Gasteiger partial charge on any atom is 0.137 e. The van der Waals surface area contributed by atoms with Crippen molar-refractivity contribution in [1.82, 2.24) is 4.90 Å². The molecule has 0 spiro atoms. The van der Waals surface area contributed by atoms with E-state index in [1.165, 1.54) is 0 Å². The van der Waals surface area contributed by atoms with Crippen LogP contribution in [0.4, 0.5) is 0 Å². The van der Waals surface area contributed by atoms with Crippen molar-refractivity contribution in [1.29, 1.82) is 0 Å². The van der Waals surface area contributed by atoms with Gasteiger partial charge in [-0.1, -0.05) is 20.8 Å². The fourth-order valence-corrected chi connectivity index (χ4v) is 3.38. The minimum atomic E-state index is -0.655. The van der Waals surface area contributed by atoms with Gasteiger partial charge in [0.2, 0.25) is 0 Å². The van der Waals surface area contributed by atoms with E-state index >= 15 is 0 Å². The van der Waals surface area contributed by atoms with Gasteiger partial charge in [0.1, 0.15) is 5.78 Å². The molecule has 2 aliphatic rings. The van der Waals surface area contributed by atoms with Crippen molar-refractivity contribution in [3.63, 3.8) is 0 Å². The molecule has 4 nitrogen and oxygen atoms in total. The Labute approximate surface area is 115 Å². The minimum Gasteiger partial charge on any atom is -0.389 e. The Hall–Kier alpha value is -0.450. The molecule has 1 saturated heterocycles. The Morgan fingerprint density at radius 1 is 1.21 bits per heavy atom. The molecule has 1 aliphatic heterocycles. The molecule has 4 unspecified atom stereocenters. The molecule has 2 fully saturated rings. The minimum absolute atomic E-state index is 0.0791. The third-order valence-electron chi connectivity index (χ3n) is 4.80. The fourth-order valence-electron chi connectivity index (χ4n) is 3.38. The lowest BCUT2D eigenvalue weighted by atomic mass is 9.68. The highest BCUT2D eigenvalue weighted by Crippen LogP contribution is 2.39. The topological polar surface area (TPSA) is 60.8 Å². The molecule has 0 aromatic rings. The molecule has 0 aromatic heterocycles. The standard InChI is InChI=1S/C15H27NO3/c1-15(2,3)11-4-5-12(17)10(6-11)7-16-8-13(18)14(19)9-16/h10-11,13-14,18-19H,4-9H2,1-3H3. The van der Waals surface area contributed by atoms with Crippen LogP contribution in [0.2, 0.25) is 0 Å². The second-order valence-electron chi connectivity index (χ2n) is 7.35. The average Bonchev–Trinajstić information content (AvgIpc) is 2.59. The Bertz CT molecular complexity index is 327. The molecule has 1 heterocycles. The molecule has 2 N–H and O–H groups in total. The summed E-state index contributed by atoms with van der Waals surface area (Å²) >= 11 is 0. The molecule has 1 aliphatic carbocycles. The van der Waals surface area contributed by atoms with Gasteiger partial charge in [-0.05, 0) is 24.2 Å². The second-order valence-corrected chi connectivity index (χ2v) is 7.35. The van der Waals surface area contributed by atoms with Crippen LogP contribution in [0.5, 0.6) is 0 Å². The van der Waals surface area contributed by atoms with Gasteiger partial charge in [-0.25, -0.2) is 0 Å². The Kier molecular flexibility index (Phi) is 4.33. The zero-order chi connectivity index (χ0) is 14.2. The highest BCUT2D eigenvalue weighted by Gasteiger charge is 2.37. The van der Waals surface area contributed by atoms with E-state index in [0.29, 0.717) is 37.8 Å². The van der Waals surface area contributed by atoms with Gasteiger partial charge in [0.15, 0.2) is 0 Å². The van der Waals surface area contributed by atoms with E-state index < -0.39 is 12.2 Å². The summed E-state index contributed by atoms with van der Waals surface area (Å²) in [5, 5.41) is 19.1. The summed E-state index contributed by atoms with van der Waals surface area (Å²) < 4.78 is 0. The zero-order valence-corrected chi connectivity index (χ0v) is 12.3. The van der Waals surface area contributed by atoms with Crippen molar-refractivity contribution in [3.8, 4) is 0 Å². The third-order valence-corrected chi connectivity index (χ3v) is 4.80. The number of ketones is 1. The van der Waals surface area contributed by atoms with Gasteiger partial charge in [0.25, 0.3) is 0 Å². The SMILES string of the molecule is CC(C)(C)C1CCC(=O)C(CN2CC(O)C(O)C2)C1. The number of Topliss-reactive ketones (excluding diaryl/α,β-unsaturated/α-hetero) is 1. The lowest BCUT2D eigenvalue weighted by molar-refractivity contribution is -0.127. The molecule has 110 valence electrons. The summed E-state index contributed by atoms with van der Waals surface area (Å²) in [6.45, 7) is 8.41. The Balaban J connectivity index is 1.93. The van der Waals surface area contributed by atoms with Gasteiger partial charge in [-0.2, -0.15) is 0 Å². The van der Waals surface area contributed by atoms with Crippen molar-refractivity contribution in [3.05, 3.63) is 0 Å². The summed E-state index contributed by atoms with van der Waals surface area (Å²) in [6.07, 6.45) is 1.33. The first-order valence-corrected chi connectivity index (χ1v) is 7.38. The van der Waals surface area contributed by atoms with Gasteiger partial charge < -0.3 is 10.2 Å². The van der Waals surface area contributed by atoms with E-state index in [1.807, 2.05) is 4.90 Å². The monoisotopic (exact) mass is 269 g/mol. The average molecular weight is 269 g/mol. The number of carbonyl (C=O) groups is 1. The van der Waals surface area contributed by atoms with E-state index in [9.17, 15) is 15.0 Å². The zero-order valence-electron chi connectivity index (χ0n) is 12.3. The number of hydrogen-bond donors (Lipinski definition) is 2.